The molecule has 1 saturated carbocycles. The van der Waals surface area contributed by atoms with Gasteiger partial charge in [0.25, 0.3) is 0 Å². The van der Waals surface area contributed by atoms with Gasteiger partial charge in [0.15, 0.2) is 5.78 Å². The van der Waals surface area contributed by atoms with Gasteiger partial charge in [0.05, 0.1) is 4.90 Å². The summed E-state index contributed by atoms with van der Waals surface area (Å²) in [4.78, 5) is 11.3. The van der Waals surface area contributed by atoms with Gasteiger partial charge in [0.1, 0.15) is 0 Å². The van der Waals surface area contributed by atoms with E-state index in [1.54, 1.807) is 0 Å². The number of Topliss-reactive ketones (excluding diaryl/α,β-unsaturated/α-hetero) is 1. The number of carbonyl (C=O) groups excluding carboxylic acids is 1. The highest BCUT2D eigenvalue weighted by atomic mass is 32.2. The quantitative estimate of drug-likeness (QED) is 0.830. The standard InChI is InChI=1S/C13H17NO3S/c1-10(15)11-3-5-12(6-4-11)18(16,17)14-9-13(2)7-8-13/h3-6,14H,7-9H2,1-2H3. The van der Waals surface area contributed by atoms with Crippen LogP contribution in [0.25, 0.3) is 0 Å². The van der Waals surface area contributed by atoms with Crippen molar-refractivity contribution < 1.29 is 13.2 Å². The fourth-order valence-corrected chi connectivity index (χ4v) is 2.81. The topological polar surface area (TPSA) is 63.2 Å². The van der Waals surface area contributed by atoms with E-state index < -0.39 is 10.0 Å². The number of rotatable bonds is 5. The zero-order valence-corrected chi connectivity index (χ0v) is 11.4. The summed E-state index contributed by atoms with van der Waals surface area (Å²) in [5.74, 6) is -0.0719. The first-order valence-corrected chi connectivity index (χ1v) is 7.41. The minimum atomic E-state index is -3.46. The molecule has 0 atom stereocenters. The Balaban J connectivity index is 2.11. The number of ketones is 1. The molecule has 1 aliphatic rings. The summed E-state index contributed by atoms with van der Waals surface area (Å²) in [6, 6.07) is 6.01. The van der Waals surface area contributed by atoms with Gasteiger partial charge in [-0.1, -0.05) is 19.1 Å². The molecule has 1 aliphatic carbocycles. The molecule has 1 aromatic carbocycles. The van der Waals surface area contributed by atoms with Gasteiger partial charge in [0, 0.05) is 12.1 Å². The maximum atomic E-state index is 12.0. The minimum Gasteiger partial charge on any atom is -0.295 e. The van der Waals surface area contributed by atoms with Crippen molar-refractivity contribution in [3.8, 4) is 0 Å². The summed E-state index contributed by atoms with van der Waals surface area (Å²) >= 11 is 0. The van der Waals surface area contributed by atoms with Crippen LogP contribution in [0.15, 0.2) is 29.2 Å². The molecule has 5 heteroatoms. The van der Waals surface area contributed by atoms with Crippen LogP contribution >= 0.6 is 0 Å². The second-order valence-electron chi connectivity index (χ2n) is 5.22. The Morgan fingerprint density at radius 3 is 2.28 bits per heavy atom. The molecule has 0 unspecified atom stereocenters. The van der Waals surface area contributed by atoms with Crippen molar-refractivity contribution in [1.29, 1.82) is 0 Å². The van der Waals surface area contributed by atoms with Crippen LogP contribution < -0.4 is 4.72 Å². The first kappa shape index (κ1) is 13.2. The molecule has 4 nitrogen and oxygen atoms in total. The van der Waals surface area contributed by atoms with Crippen molar-refractivity contribution >= 4 is 15.8 Å². The minimum absolute atomic E-state index is 0.0719. The van der Waals surface area contributed by atoms with Crippen molar-refractivity contribution in [3.05, 3.63) is 29.8 Å². The molecular formula is C13H17NO3S. The molecule has 0 radical (unpaired) electrons. The maximum absolute atomic E-state index is 12.0. The molecule has 98 valence electrons. The Morgan fingerprint density at radius 2 is 1.83 bits per heavy atom. The van der Waals surface area contributed by atoms with Gasteiger partial charge in [0.2, 0.25) is 10.0 Å². The third-order valence-electron chi connectivity index (χ3n) is 3.36. The average molecular weight is 267 g/mol. The van der Waals surface area contributed by atoms with Crippen molar-refractivity contribution in [1.82, 2.24) is 4.72 Å². The fraction of sp³-hybridized carbons (Fsp3) is 0.462. The van der Waals surface area contributed by atoms with Crippen LogP contribution in [0.2, 0.25) is 0 Å². The monoisotopic (exact) mass is 267 g/mol. The van der Waals surface area contributed by atoms with Crippen LogP contribution in [0.1, 0.15) is 37.0 Å². The average Bonchev–Trinajstić information content (AvgIpc) is 3.06. The number of hydrogen-bond acceptors (Lipinski definition) is 3. The van der Waals surface area contributed by atoms with Crippen LogP contribution in [0, 0.1) is 5.41 Å². The zero-order valence-electron chi connectivity index (χ0n) is 10.6. The Bertz CT molecular complexity index is 556. The molecule has 1 fully saturated rings. The van der Waals surface area contributed by atoms with Gasteiger partial charge >= 0.3 is 0 Å². The van der Waals surface area contributed by atoms with E-state index >= 15 is 0 Å². The zero-order chi connectivity index (χ0) is 13.4. The summed E-state index contributed by atoms with van der Waals surface area (Å²) in [6.45, 7) is 3.99. The molecule has 0 saturated heterocycles. The van der Waals surface area contributed by atoms with E-state index in [4.69, 9.17) is 0 Å². The lowest BCUT2D eigenvalue weighted by atomic mass is 10.1. The molecule has 1 N–H and O–H groups in total. The van der Waals surface area contributed by atoms with Crippen LogP contribution in [-0.2, 0) is 10.0 Å². The SMILES string of the molecule is CC(=O)c1ccc(S(=O)(=O)NCC2(C)CC2)cc1. The largest absolute Gasteiger partial charge is 0.295 e. The number of hydrogen-bond donors (Lipinski definition) is 1. The van der Waals surface area contributed by atoms with Crippen molar-refractivity contribution in [2.75, 3.05) is 6.54 Å². The highest BCUT2D eigenvalue weighted by molar-refractivity contribution is 7.89. The maximum Gasteiger partial charge on any atom is 0.240 e. The second kappa shape index (κ2) is 4.48. The molecule has 0 aromatic heterocycles. The number of benzene rings is 1. The van der Waals surface area contributed by atoms with Gasteiger partial charge in [-0.2, -0.15) is 0 Å². The molecule has 0 aliphatic heterocycles. The fourth-order valence-electron chi connectivity index (χ4n) is 1.61. The number of sulfonamides is 1. The Morgan fingerprint density at radius 1 is 1.28 bits per heavy atom. The van der Waals surface area contributed by atoms with Gasteiger partial charge in [-0.15, -0.1) is 0 Å². The first-order valence-electron chi connectivity index (χ1n) is 5.93. The predicted molar refractivity (Wildman–Crippen MR) is 69.0 cm³/mol. The predicted octanol–water partition coefficient (Wildman–Crippen LogP) is 1.97. The lowest BCUT2D eigenvalue weighted by Gasteiger charge is -2.11. The molecule has 0 spiro atoms. The molecule has 18 heavy (non-hydrogen) atoms. The van der Waals surface area contributed by atoms with Crippen molar-refractivity contribution in [2.45, 2.75) is 31.6 Å². The van der Waals surface area contributed by atoms with Gasteiger partial charge < -0.3 is 0 Å². The summed E-state index contributed by atoms with van der Waals surface area (Å²) < 4.78 is 26.6. The molecule has 2 rings (SSSR count). The number of carbonyl (C=O) groups is 1. The van der Waals surface area contributed by atoms with E-state index in [1.165, 1.54) is 31.2 Å². The van der Waals surface area contributed by atoms with E-state index in [-0.39, 0.29) is 16.1 Å². The van der Waals surface area contributed by atoms with E-state index in [9.17, 15) is 13.2 Å². The van der Waals surface area contributed by atoms with Gasteiger partial charge in [-0.25, -0.2) is 13.1 Å². The molecule has 0 amide bonds. The van der Waals surface area contributed by atoms with Crippen LogP contribution in [0.4, 0.5) is 0 Å². The van der Waals surface area contributed by atoms with Crippen LogP contribution in [0.3, 0.4) is 0 Å². The van der Waals surface area contributed by atoms with Gasteiger partial charge in [-0.3, -0.25) is 4.79 Å². The van der Waals surface area contributed by atoms with E-state index in [0.717, 1.165) is 12.8 Å². The Kier molecular flexibility index (Phi) is 3.29. The van der Waals surface area contributed by atoms with Crippen LogP contribution in [-0.4, -0.2) is 20.7 Å². The molecule has 1 aromatic rings. The molecular weight excluding hydrogens is 250 g/mol. The lowest BCUT2D eigenvalue weighted by Crippen LogP contribution is -2.29. The molecule has 0 bridgehead atoms. The highest BCUT2D eigenvalue weighted by Crippen LogP contribution is 2.44. The smallest absolute Gasteiger partial charge is 0.240 e. The number of nitrogens with one attached hydrogen (secondary N) is 1. The Hall–Kier alpha value is -1.20. The van der Waals surface area contributed by atoms with Gasteiger partial charge in [-0.05, 0) is 37.3 Å². The summed E-state index contributed by atoms with van der Waals surface area (Å²) in [6.07, 6.45) is 2.14. The Labute approximate surface area is 107 Å². The third kappa shape index (κ3) is 2.97. The van der Waals surface area contributed by atoms with Crippen molar-refractivity contribution in [3.63, 3.8) is 0 Å². The summed E-state index contributed by atoms with van der Waals surface area (Å²) in [7, 11) is -3.46. The van der Waals surface area contributed by atoms with E-state index in [0.29, 0.717) is 12.1 Å². The highest BCUT2D eigenvalue weighted by Gasteiger charge is 2.38. The molecule has 0 heterocycles. The lowest BCUT2D eigenvalue weighted by molar-refractivity contribution is 0.101. The second-order valence-corrected chi connectivity index (χ2v) is 6.98. The summed E-state index contributed by atoms with van der Waals surface area (Å²) in [5.41, 5.74) is 0.648. The van der Waals surface area contributed by atoms with Crippen molar-refractivity contribution in [2.24, 2.45) is 5.41 Å². The normalized spacial score (nSPS) is 17.4. The van der Waals surface area contributed by atoms with Crippen LogP contribution in [0.5, 0.6) is 0 Å². The third-order valence-corrected chi connectivity index (χ3v) is 4.78. The van der Waals surface area contributed by atoms with E-state index in [1.807, 2.05) is 0 Å². The van der Waals surface area contributed by atoms with E-state index in [2.05, 4.69) is 11.6 Å². The first-order chi connectivity index (χ1) is 8.32. The summed E-state index contributed by atoms with van der Waals surface area (Å²) in [5, 5.41) is 0.